The molecule has 0 radical (unpaired) electrons. The Morgan fingerprint density at radius 1 is 1.06 bits per heavy atom. The van der Waals surface area contributed by atoms with Gasteiger partial charge >= 0.3 is 0 Å². The van der Waals surface area contributed by atoms with Crippen LogP contribution in [0.1, 0.15) is 29.7 Å². The minimum atomic E-state index is -4.05. The smallest absolute Gasteiger partial charge is 0.275 e. The maximum absolute atomic E-state index is 13.6. The Balaban J connectivity index is 1.86. The molecule has 4 aromatic rings. The van der Waals surface area contributed by atoms with E-state index in [1.165, 1.54) is 30.5 Å². The molecular formula is C24H20N2O6S. The summed E-state index contributed by atoms with van der Waals surface area (Å²) in [7, 11) is -4.05. The van der Waals surface area contributed by atoms with Gasteiger partial charge in [0.05, 0.1) is 26.8 Å². The van der Waals surface area contributed by atoms with E-state index in [4.69, 9.17) is 9.47 Å². The molecule has 0 amide bonds. The van der Waals surface area contributed by atoms with Crippen LogP contribution in [0.2, 0.25) is 0 Å². The van der Waals surface area contributed by atoms with Gasteiger partial charge < -0.3 is 9.47 Å². The van der Waals surface area contributed by atoms with Gasteiger partial charge in [0.25, 0.3) is 15.7 Å². The zero-order valence-electron chi connectivity index (χ0n) is 17.9. The van der Waals surface area contributed by atoms with Crippen LogP contribution in [0.4, 0.5) is 5.69 Å². The molecule has 1 atom stereocenters. The number of benzene rings is 3. The summed E-state index contributed by atoms with van der Waals surface area (Å²) in [6.45, 7) is 4.09. The lowest BCUT2D eigenvalue weighted by Gasteiger charge is -2.17. The Morgan fingerprint density at radius 2 is 1.79 bits per heavy atom. The second-order valence-electron chi connectivity index (χ2n) is 7.77. The molecule has 0 spiro atoms. The Hall–Kier alpha value is -3.69. The number of rotatable bonds is 5. The molecule has 0 N–H and O–H groups in total. The zero-order chi connectivity index (χ0) is 23.3. The van der Waals surface area contributed by atoms with E-state index in [9.17, 15) is 18.5 Å². The van der Waals surface area contributed by atoms with Crippen LogP contribution >= 0.6 is 0 Å². The van der Waals surface area contributed by atoms with Crippen molar-refractivity contribution >= 4 is 26.6 Å². The summed E-state index contributed by atoms with van der Waals surface area (Å²) in [5.74, 6) is 0.712. The van der Waals surface area contributed by atoms with Gasteiger partial charge in [-0.05, 0) is 32.0 Å². The predicted molar refractivity (Wildman–Crippen MR) is 122 cm³/mol. The van der Waals surface area contributed by atoms with Crippen LogP contribution in [0.3, 0.4) is 0 Å². The Kier molecular flexibility index (Phi) is 4.95. The van der Waals surface area contributed by atoms with Crippen molar-refractivity contribution in [2.45, 2.75) is 24.8 Å². The summed E-state index contributed by atoms with van der Waals surface area (Å²) in [4.78, 5) is 11.2. The minimum Gasteiger partial charge on any atom is -0.456 e. The molecule has 5 rings (SSSR count). The van der Waals surface area contributed by atoms with E-state index in [1.807, 2.05) is 26.0 Å². The molecule has 9 heteroatoms. The van der Waals surface area contributed by atoms with E-state index in [2.05, 4.69) is 0 Å². The number of non-ortho nitro benzene ring substituents is 1. The molecule has 1 aliphatic rings. The molecule has 2 heterocycles. The summed E-state index contributed by atoms with van der Waals surface area (Å²) in [6.07, 6.45) is 0.879. The highest BCUT2D eigenvalue weighted by molar-refractivity contribution is 7.90. The fourth-order valence-corrected chi connectivity index (χ4v) is 5.50. The molecule has 0 saturated carbocycles. The van der Waals surface area contributed by atoms with Gasteiger partial charge in [-0.2, -0.15) is 0 Å². The fourth-order valence-electron chi connectivity index (χ4n) is 4.14. The largest absolute Gasteiger partial charge is 0.456 e. The number of fused-ring (bicyclic) bond motifs is 1. The first-order valence-corrected chi connectivity index (χ1v) is 11.8. The van der Waals surface area contributed by atoms with E-state index in [0.29, 0.717) is 28.9 Å². The molecule has 1 unspecified atom stereocenters. The second-order valence-corrected chi connectivity index (χ2v) is 9.58. The quantitative estimate of drug-likeness (QED) is 0.292. The molecule has 8 nitrogen and oxygen atoms in total. The average Bonchev–Trinajstić information content (AvgIpc) is 3.12. The Bertz CT molecular complexity index is 1510. The maximum atomic E-state index is 13.6. The molecule has 0 fully saturated rings. The molecule has 0 bridgehead atoms. The van der Waals surface area contributed by atoms with E-state index < -0.39 is 21.1 Å². The number of aryl methyl sites for hydroxylation is 1. The van der Waals surface area contributed by atoms with Crippen molar-refractivity contribution in [2.24, 2.45) is 0 Å². The zero-order valence-corrected chi connectivity index (χ0v) is 18.7. The molecular weight excluding hydrogens is 444 g/mol. The third kappa shape index (κ3) is 3.37. The summed E-state index contributed by atoms with van der Waals surface area (Å²) in [6, 6.07) is 16.3. The maximum Gasteiger partial charge on any atom is 0.275 e. The minimum absolute atomic E-state index is 0.0796. The van der Waals surface area contributed by atoms with Crippen LogP contribution in [0.25, 0.3) is 10.9 Å². The van der Waals surface area contributed by atoms with E-state index >= 15 is 0 Å². The van der Waals surface area contributed by atoms with Crippen molar-refractivity contribution in [3.05, 3.63) is 93.7 Å². The third-order valence-electron chi connectivity index (χ3n) is 5.67. The van der Waals surface area contributed by atoms with Gasteiger partial charge in [-0.15, -0.1) is 0 Å². The lowest BCUT2D eigenvalue weighted by atomic mass is 10.0. The van der Waals surface area contributed by atoms with Crippen molar-refractivity contribution in [3.63, 3.8) is 0 Å². The topological polar surface area (TPSA) is 101 Å². The molecule has 0 aliphatic carbocycles. The van der Waals surface area contributed by atoms with Crippen molar-refractivity contribution in [2.75, 3.05) is 6.61 Å². The molecule has 3 aromatic carbocycles. The van der Waals surface area contributed by atoms with Crippen LogP contribution in [0.5, 0.6) is 11.5 Å². The Morgan fingerprint density at radius 3 is 2.48 bits per heavy atom. The van der Waals surface area contributed by atoms with Crippen molar-refractivity contribution in [3.8, 4) is 11.5 Å². The third-order valence-corrected chi connectivity index (χ3v) is 7.36. The van der Waals surface area contributed by atoms with Crippen molar-refractivity contribution in [1.82, 2.24) is 3.97 Å². The van der Waals surface area contributed by atoms with Crippen LogP contribution < -0.4 is 4.74 Å². The molecule has 1 aliphatic heterocycles. The number of para-hydroxylation sites is 1. The fraction of sp³-hybridized carbons (Fsp3) is 0.167. The van der Waals surface area contributed by atoms with E-state index in [1.54, 1.807) is 24.3 Å². The van der Waals surface area contributed by atoms with Gasteiger partial charge in [0, 0.05) is 30.0 Å². The monoisotopic (exact) mass is 464 g/mol. The second kappa shape index (κ2) is 7.72. The normalized spacial score (nSPS) is 15.0. The molecule has 0 saturated heterocycles. The first-order valence-electron chi connectivity index (χ1n) is 10.3. The summed E-state index contributed by atoms with van der Waals surface area (Å²) >= 11 is 0. The number of ether oxygens (including phenoxy) is 2. The lowest BCUT2D eigenvalue weighted by molar-refractivity contribution is -0.384. The number of nitrogens with zero attached hydrogens (tertiary/aromatic N) is 2. The van der Waals surface area contributed by atoms with Crippen molar-refractivity contribution in [1.29, 1.82) is 0 Å². The highest BCUT2D eigenvalue weighted by Crippen LogP contribution is 2.48. The molecule has 168 valence electrons. The van der Waals surface area contributed by atoms with Gasteiger partial charge in [-0.1, -0.05) is 35.9 Å². The SMILES string of the molecule is CCOC1c2ccccc2Oc2cc([N+](=O)[O-])cc3c2c1cn3S(=O)(=O)c1ccc(C)cc1. The first-order chi connectivity index (χ1) is 15.8. The predicted octanol–water partition coefficient (Wildman–Crippen LogP) is 5.33. The van der Waals surface area contributed by atoms with Crippen LogP contribution in [0.15, 0.2) is 71.8 Å². The van der Waals surface area contributed by atoms with Gasteiger partial charge in [-0.3, -0.25) is 10.1 Å². The van der Waals surface area contributed by atoms with E-state index in [-0.39, 0.29) is 21.8 Å². The van der Waals surface area contributed by atoms with Crippen LogP contribution in [0, 0.1) is 17.0 Å². The van der Waals surface area contributed by atoms with Gasteiger partial charge in [0.2, 0.25) is 0 Å². The number of aromatic nitrogens is 1. The summed E-state index contributed by atoms with van der Waals surface area (Å²) < 4.78 is 40.4. The van der Waals surface area contributed by atoms with Crippen LogP contribution in [-0.4, -0.2) is 23.9 Å². The van der Waals surface area contributed by atoms with Crippen LogP contribution in [-0.2, 0) is 14.8 Å². The van der Waals surface area contributed by atoms with Gasteiger partial charge in [0.1, 0.15) is 17.6 Å². The highest BCUT2D eigenvalue weighted by atomic mass is 32.2. The highest BCUT2D eigenvalue weighted by Gasteiger charge is 2.33. The first kappa shape index (κ1) is 21.2. The number of nitro groups is 1. The average molecular weight is 464 g/mol. The lowest BCUT2D eigenvalue weighted by Crippen LogP contribution is -2.12. The van der Waals surface area contributed by atoms with Gasteiger partial charge in [-0.25, -0.2) is 12.4 Å². The van der Waals surface area contributed by atoms with Gasteiger partial charge in [0.15, 0.2) is 0 Å². The summed E-state index contributed by atoms with van der Waals surface area (Å²) in [5.41, 5.74) is 2.09. The molecule has 1 aromatic heterocycles. The number of nitro benzene ring substituents is 1. The van der Waals surface area contributed by atoms with Crippen molar-refractivity contribution < 1.29 is 22.8 Å². The standard InChI is InChI=1S/C24H20N2O6S/c1-3-31-24-18-6-4-5-7-21(18)32-22-13-16(26(27)28)12-20-23(22)19(24)14-25(20)33(29,30)17-10-8-15(2)9-11-17/h4-14,24H,3H2,1-2H3. The Labute approximate surface area is 190 Å². The molecule has 33 heavy (non-hydrogen) atoms. The summed E-state index contributed by atoms with van der Waals surface area (Å²) in [5, 5.41) is 12.1. The number of hydrogen-bond donors (Lipinski definition) is 0. The number of hydrogen-bond acceptors (Lipinski definition) is 6. The van der Waals surface area contributed by atoms with E-state index in [0.717, 1.165) is 9.54 Å².